The van der Waals surface area contributed by atoms with Gasteiger partial charge in [0.1, 0.15) is 0 Å². The molecule has 0 bridgehead atoms. The molecule has 2 N–H and O–H groups in total. The average Bonchev–Trinajstić information content (AvgIpc) is 2.87. The van der Waals surface area contributed by atoms with Crippen LogP contribution >= 0.6 is 0 Å². The first kappa shape index (κ1) is 13.5. The molecular weight excluding hydrogens is 244 g/mol. The van der Waals surface area contributed by atoms with E-state index in [1.807, 2.05) is 19.1 Å². The number of hydrogen-bond acceptors (Lipinski definition) is 3. The van der Waals surface area contributed by atoms with Crippen LogP contribution in [0.15, 0.2) is 18.3 Å². The molecule has 1 heterocycles. The van der Waals surface area contributed by atoms with Crippen LogP contribution in [0.5, 0.6) is 0 Å². The van der Waals surface area contributed by atoms with Crippen LogP contribution in [0, 0.1) is 18.8 Å². The molecule has 5 heteroatoms. The third-order valence-corrected chi connectivity index (χ3v) is 3.70. The number of carbonyl (C=O) groups excluding carboxylic acids is 1. The fraction of sp³-hybridized carbons (Fsp3) is 0.500. The van der Waals surface area contributed by atoms with Crippen molar-refractivity contribution in [2.24, 2.45) is 11.8 Å². The minimum Gasteiger partial charge on any atom is -0.481 e. The van der Waals surface area contributed by atoms with Gasteiger partial charge in [0, 0.05) is 12.1 Å². The van der Waals surface area contributed by atoms with Crippen molar-refractivity contribution < 1.29 is 14.7 Å². The van der Waals surface area contributed by atoms with Crippen LogP contribution in [-0.4, -0.2) is 22.0 Å². The van der Waals surface area contributed by atoms with Gasteiger partial charge in [-0.1, -0.05) is 6.07 Å². The van der Waals surface area contributed by atoms with Crippen LogP contribution in [-0.2, 0) is 16.1 Å². The van der Waals surface area contributed by atoms with Crippen molar-refractivity contribution >= 4 is 11.9 Å². The molecule has 19 heavy (non-hydrogen) atoms. The van der Waals surface area contributed by atoms with Gasteiger partial charge in [0.05, 0.1) is 18.2 Å². The van der Waals surface area contributed by atoms with Crippen molar-refractivity contribution in [2.45, 2.75) is 32.7 Å². The molecule has 1 saturated carbocycles. The zero-order chi connectivity index (χ0) is 13.8. The van der Waals surface area contributed by atoms with Crippen LogP contribution in [0.3, 0.4) is 0 Å². The van der Waals surface area contributed by atoms with Gasteiger partial charge in [0.25, 0.3) is 0 Å². The van der Waals surface area contributed by atoms with E-state index in [-0.39, 0.29) is 17.7 Å². The SMILES string of the molecule is Cc1cccnc1CNC(=O)[C@@H]1CC[C@H](C(=O)O)C1. The summed E-state index contributed by atoms with van der Waals surface area (Å²) in [6.07, 6.45) is 3.40. The normalized spacial score (nSPS) is 22.2. The van der Waals surface area contributed by atoms with Crippen molar-refractivity contribution in [2.75, 3.05) is 0 Å². The highest BCUT2D eigenvalue weighted by molar-refractivity contribution is 5.80. The van der Waals surface area contributed by atoms with Crippen molar-refractivity contribution in [1.82, 2.24) is 10.3 Å². The minimum absolute atomic E-state index is 0.0613. The molecule has 1 amide bonds. The molecule has 102 valence electrons. The van der Waals surface area contributed by atoms with Gasteiger partial charge in [-0.05, 0) is 37.8 Å². The van der Waals surface area contributed by atoms with Gasteiger partial charge >= 0.3 is 5.97 Å². The molecule has 5 nitrogen and oxygen atoms in total. The van der Waals surface area contributed by atoms with Crippen molar-refractivity contribution in [1.29, 1.82) is 0 Å². The summed E-state index contributed by atoms with van der Waals surface area (Å²) in [6.45, 7) is 2.35. The number of pyridine rings is 1. The average molecular weight is 262 g/mol. The molecule has 1 aromatic heterocycles. The smallest absolute Gasteiger partial charge is 0.306 e. The highest BCUT2D eigenvalue weighted by Crippen LogP contribution is 2.31. The predicted octanol–water partition coefficient (Wildman–Crippen LogP) is 1.51. The van der Waals surface area contributed by atoms with E-state index in [1.165, 1.54) is 0 Å². The second-order valence-corrected chi connectivity index (χ2v) is 5.03. The van der Waals surface area contributed by atoms with Gasteiger partial charge in [-0.3, -0.25) is 14.6 Å². The Morgan fingerprint density at radius 2 is 2.16 bits per heavy atom. The molecule has 0 radical (unpaired) electrons. The summed E-state index contributed by atoms with van der Waals surface area (Å²) in [4.78, 5) is 27.0. The first-order chi connectivity index (χ1) is 9.08. The monoisotopic (exact) mass is 262 g/mol. The van der Waals surface area contributed by atoms with Gasteiger partial charge < -0.3 is 10.4 Å². The number of nitrogens with one attached hydrogen (secondary N) is 1. The van der Waals surface area contributed by atoms with Gasteiger partial charge in [0.2, 0.25) is 5.91 Å². The number of nitrogens with zero attached hydrogens (tertiary/aromatic N) is 1. The molecule has 0 aliphatic heterocycles. The summed E-state index contributed by atoms with van der Waals surface area (Å²) in [5.41, 5.74) is 1.89. The number of carboxylic acids is 1. The summed E-state index contributed by atoms with van der Waals surface area (Å²) >= 11 is 0. The van der Waals surface area contributed by atoms with Crippen molar-refractivity contribution in [3.8, 4) is 0 Å². The standard InChI is InChI=1S/C14H18N2O3/c1-9-3-2-6-15-12(9)8-16-13(17)10-4-5-11(7-10)14(18)19/h2-3,6,10-11H,4-5,7-8H2,1H3,(H,16,17)(H,18,19)/t10-,11+/m1/s1. The van der Waals surface area contributed by atoms with Crippen LogP contribution in [0.2, 0.25) is 0 Å². The fourth-order valence-corrected chi connectivity index (χ4v) is 2.46. The number of amides is 1. The predicted molar refractivity (Wildman–Crippen MR) is 69.3 cm³/mol. The third-order valence-electron chi connectivity index (χ3n) is 3.70. The highest BCUT2D eigenvalue weighted by atomic mass is 16.4. The summed E-state index contributed by atoms with van der Waals surface area (Å²) < 4.78 is 0. The zero-order valence-electron chi connectivity index (χ0n) is 10.9. The lowest BCUT2D eigenvalue weighted by Crippen LogP contribution is -2.29. The lowest BCUT2D eigenvalue weighted by atomic mass is 10.0. The Bertz CT molecular complexity index is 487. The lowest BCUT2D eigenvalue weighted by Gasteiger charge is -2.11. The van der Waals surface area contributed by atoms with Gasteiger partial charge in [0.15, 0.2) is 0 Å². The summed E-state index contributed by atoms with van der Waals surface area (Å²) in [5, 5.41) is 11.8. The molecule has 0 spiro atoms. The van der Waals surface area contributed by atoms with Crippen molar-refractivity contribution in [3.63, 3.8) is 0 Å². The maximum absolute atomic E-state index is 12.0. The molecule has 0 saturated heterocycles. The fourth-order valence-electron chi connectivity index (χ4n) is 2.46. The maximum Gasteiger partial charge on any atom is 0.306 e. The molecule has 1 fully saturated rings. The number of carboxylic acid groups (broad SMARTS) is 1. The number of aromatic nitrogens is 1. The number of hydrogen-bond donors (Lipinski definition) is 2. The zero-order valence-corrected chi connectivity index (χ0v) is 10.9. The third kappa shape index (κ3) is 3.30. The first-order valence-corrected chi connectivity index (χ1v) is 6.49. The molecular formula is C14H18N2O3. The van der Waals surface area contributed by atoms with Gasteiger partial charge in [-0.2, -0.15) is 0 Å². The van der Waals surface area contributed by atoms with E-state index in [0.717, 1.165) is 11.3 Å². The molecule has 0 aromatic carbocycles. The van der Waals surface area contributed by atoms with E-state index < -0.39 is 5.97 Å². The Hall–Kier alpha value is -1.91. The van der Waals surface area contributed by atoms with E-state index in [1.54, 1.807) is 6.20 Å². The number of carbonyl (C=O) groups is 2. The quantitative estimate of drug-likeness (QED) is 0.862. The summed E-state index contributed by atoms with van der Waals surface area (Å²) in [7, 11) is 0. The minimum atomic E-state index is -0.795. The largest absolute Gasteiger partial charge is 0.481 e. The maximum atomic E-state index is 12.0. The molecule has 1 aromatic rings. The second-order valence-electron chi connectivity index (χ2n) is 5.03. The molecule has 1 aliphatic rings. The Labute approximate surface area is 112 Å². The van der Waals surface area contributed by atoms with E-state index in [4.69, 9.17) is 5.11 Å². The van der Waals surface area contributed by atoms with Crippen LogP contribution in [0.1, 0.15) is 30.5 Å². The number of aliphatic carboxylic acids is 1. The summed E-state index contributed by atoms with van der Waals surface area (Å²) in [5.74, 6) is -1.40. The van der Waals surface area contributed by atoms with Gasteiger partial charge in [-0.15, -0.1) is 0 Å². The Morgan fingerprint density at radius 3 is 2.79 bits per heavy atom. The molecule has 2 rings (SSSR count). The van der Waals surface area contributed by atoms with Crippen LogP contribution < -0.4 is 5.32 Å². The number of aryl methyl sites for hydroxylation is 1. The van der Waals surface area contributed by atoms with E-state index in [0.29, 0.717) is 25.8 Å². The van der Waals surface area contributed by atoms with Crippen molar-refractivity contribution in [3.05, 3.63) is 29.6 Å². The topological polar surface area (TPSA) is 79.3 Å². The first-order valence-electron chi connectivity index (χ1n) is 6.49. The summed E-state index contributed by atoms with van der Waals surface area (Å²) in [6, 6.07) is 3.81. The Morgan fingerprint density at radius 1 is 1.42 bits per heavy atom. The number of rotatable bonds is 4. The molecule has 2 atom stereocenters. The van der Waals surface area contributed by atoms with Gasteiger partial charge in [-0.25, -0.2) is 0 Å². The van der Waals surface area contributed by atoms with E-state index in [9.17, 15) is 9.59 Å². The second kappa shape index (κ2) is 5.82. The lowest BCUT2D eigenvalue weighted by molar-refractivity contribution is -0.141. The van der Waals surface area contributed by atoms with Crippen LogP contribution in [0.25, 0.3) is 0 Å². The Balaban J connectivity index is 1.86. The molecule has 1 aliphatic carbocycles. The highest BCUT2D eigenvalue weighted by Gasteiger charge is 2.33. The molecule has 0 unspecified atom stereocenters. The Kier molecular flexibility index (Phi) is 4.14. The van der Waals surface area contributed by atoms with Crippen LogP contribution in [0.4, 0.5) is 0 Å². The van der Waals surface area contributed by atoms with E-state index >= 15 is 0 Å². The van der Waals surface area contributed by atoms with E-state index in [2.05, 4.69) is 10.3 Å².